The van der Waals surface area contributed by atoms with Gasteiger partial charge in [0.25, 0.3) is 5.91 Å². The summed E-state index contributed by atoms with van der Waals surface area (Å²) in [6, 6.07) is 5.15. The van der Waals surface area contributed by atoms with Crippen LogP contribution in [-0.4, -0.2) is 24.6 Å². The Morgan fingerprint density at radius 3 is 2.13 bits per heavy atom. The first kappa shape index (κ1) is 26.4. The van der Waals surface area contributed by atoms with E-state index in [1.54, 1.807) is 18.2 Å². The summed E-state index contributed by atoms with van der Waals surface area (Å²) in [4.78, 5) is 23.6. The van der Waals surface area contributed by atoms with Crippen LogP contribution < -0.4 is 10.7 Å². The smallest absolute Gasteiger partial charge is 0.259 e. The molecule has 7 heteroatoms. The minimum Gasteiger partial charge on any atom is -0.347 e. The second kappa shape index (κ2) is 17.1. The van der Waals surface area contributed by atoms with Crippen LogP contribution in [0.25, 0.3) is 0 Å². The number of benzene rings is 1. The zero-order chi connectivity index (χ0) is 22.0. The van der Waals surface area contributed by atoms with Crippen molar-refractivity contribution < 1.29 is 9.59 Å². The van der Waals surface area contributed by atoms with E-state index in [9.17, 15) is 9.59 Å². The van der Waals surface area contributed by atoms with Crippen LogP contribution in [0.3, 0.4) is 0 Å². The maximum absolute atomic E-state index is 11.8. The predicted molar refractivity (Wildman–Crippen MR) is 126 cm³/mol. The van der Waals surface area contributed by atoms with E-state index in [-0.39, 0.29) is 12.5 Å². The minimum atomic E-state index is -0.392. The predicted octanol–water partition coefficient (Wildman–Crippen LogP) is 6.26. The van der Waals surface area contributed by atoms with Gasteiger partial charge in [0.05, 0.1) is 22.8 Å². The Kier molecular flexibility index (Phi) is 15.1. The molecule has 0 bridgehead atoms. The van der Waals surface area contributed by atoms with Crippen LogP contribution in [0.4, 0.5) is 0 Å². The average molecular weight is 456 g/mol. The molecule has 0 aliphatic heterocycles. The lowest BCUT2D eigenvalue weighted by Gasteiger charge is -2.05. The van der Waals surface area contributed by atoms with Gasteiger partial charge in [-0.1, -0.05) is 106 Å². The summed E-state index contributed by atoms with van der Waals surface area (Å²) in [6.07, 6.45) is 15.5. The second-order valence-corrected chi connectivity index (χ2v) is 8.28. The first-order valence-corrected chi connectivity index (χ1v) is 11.8. The fraction of sp³-hybridized carbons (Fsp3) is 0.609. The molecule has 0 spiro atoms. The average Bonchev–Trinajstić information content (AvgIpc) is 2.73. The Hall–Kier alpha value is -1.59. The Bertz CT molecular complexity index is 666. The lowest BCUT2D eigenvalue weighted by atomic mass is 10.1. The van der Waals surface area contributed by atoms with Crippen molar-refractivity contribution in [3.8, 4) is 0 Å². The van der Waals surface area contributed by atoms with Crippen LogP contribution in [0, 0.1) is 0 Å². The summed E-state index contributed by atoms with van der Waals surface area (Å²) in [6.45, 7) is 2.14. The van der Waals surface area contributed by atoms with Gasteiger partial charge in [-0.2, -0.15) is 5.10 Å². The monoisotopic (exact) mass is 455 g/mol. The molecule has 30 heavy (non-hydrogen) atoms. The van der Waals surface area contributed by atoms with Crippen molar-refractivity contribution in [2.45, 2.75) is 84.0 Å². The summed E-state index contributed by atoms with van der Waals surface area (Å²) >= 11 is 12.0. The number of nitrogens with one attached hydrogen (secondary N) is 2. The molecule has 168 valence electrons. The number of hydrazone groups is 1. The molecule has 2 N–H and O–H groups in total. The van der Waals surface area contributed by atoms with E-state index >= 15 is 0 Å². The highest BCUT2D eigenvalue weighted by Crippen LogP contribution is 2.24. The van der Waals surface area contributed by atoms with Crippen molar-refractivity contribution in [1.82, 2.24) is 10.7 Å². The van der Waals surface area contributed by atoms with Crippen molar-refractivity contribution in [3.05, 3.63) is 33.8 Å². The van der Waals surface area contributed by atoms with Gasteiger partial charge >= 0.3 is 0 Å². The van der Waals surface area contributed by atoms with Gasteiger partial charge in [0.2, 0.25) is 5.91 Å². The first-order chi connectivity index (χ1) is 14.5. The van der Waals surface area contributed by atoms with Crippen molar-refractivity contribution in [2.75, 3.05) is 6.54 Å². The molecule has 0 saturated carbocycles. The van der Waals surface area contributed by atoms with Gasteiger partial charge in [-0.05, 0) is 12.5 Å². The molecule has 0 unspecified atom stereocenters. The molecule has 0 aliphatic carbocycles. The zero-order valence-electron chi connectivity index (χ0n) is 18.0. The summed E-state index contributed by atoms with van der Waals surface area (Å²) < 4.78 is 0. The van der Waals surface area contributed by atoms with Crippen LogP contribution in [0.2, 0.25) is 10.0 Å². The van der Waals surface area contributed by atoms with Crippen LogP contribution in [-0.2, 0) is 9.59 Å². The zero-order valence-corrected chi connectivity index (χ0v) is 19.5. The van der Waals surface area contributed by atoms with Crippen LogP contribution >= 0.6 is 23.2 Å². The van der Waals surface area contributed by atoms with E-state index in [2.05, 4.69) is 22.8 Å². The number of halogens is 2. The van der Waals surface area contributed by atoms with E-state index in [1.165, 1.54) is 64.0 Å². The molecule has 0 aliphatic rings. The molecule has 0 atom stereocenters. The fourth-order valence-electron chi connectivity index (χ4n) is 3.05. The standard InChI is InChI=1S/C23H35Cl2N3O2/c1-2-3-4-5-6-7-8-9-10-11-12-16-21(29)26-18-22(30)28-27-17-19-14-13-15-20(24)23(19)25/h13-15,17H,2-12,16,18H2,1H3,(H,26,29)(H,28,30). The van der Waals surface area contributed by atoms with Gasteiger partial charge in [0.15, 0.2) is 0 Å². The summed E-state index contributed by atoms with van der Waals surface area (Å²) in [5, 5.41) is 7.24. The Labute approximate surface area is 191 Å². The van der Waals surface area contributed by atoms with E-state index < -0.39 is 5.91 Å². The molecule has 1 aromatic carbocycles. The van der Waals surface area contributed by atoms with Crippen molar-refractivity contribution in [1.29, 1.82) is 0 Å². The van der Waals surface area contributed by atoms with Crippen molar-refractivity contribution in [2.24, 2.45) is 5.10 Å². The lowest BCUT2D eigenvalue weighted by molar-refractivity contribution is -0.126. The fourth-order valence-corrected chi connectivity index (χ4v) is 3.41. The van der Waals surface area contributed by atoms with Gasteiger partial charge in [-0.15, -0.1) is 0 Å². The Balaban J connectivity index is 2.01. The van der Waals surface area contributed by atoms with Gasteiger partial charge in [0, 0.05) is 12.0 Å². The van der Waals surface area contributed by atoms with E-state index in [0.717, 1.165) is 12.8 Å². The number of carbonyl (C=O) groups excluding carboxylic acids is 2. The highest BCUT2D eigenvalue weighted by atomic mass is 35.5. The summed E-state index contributed by atoms with van der Waals surface area (Å²) in [7, 11) is 0. The molecule has 0 saturated heterocycles. The number of rotatable bonds is 16. The second-order valence-electron chi connectivity index (χ2n) is 7.50. The molecule has 0 aromatic heterocycles. The number of hydrogen-bond donors (Lipinski definition) is 2. The maximum Gasteiger partial charge on any atom is 0.259 e. The SMILES string of the molecule is CCCCCCCCCCCCCC(=O)NCC(=O)NN=Cc1cccc(Cl)c1Cl. The molecule has 0 heterocycles. The molecule has 1 aromatic rings. The molecule has 0 radical (unpaired) electrons. The number of amides is 2. The summed E-state index contributed by atoms with van der Waals surface area (Å²) in [5.41, 5.74) is 2.96. The van der Waals surface area contributed by atoms with Gasteiger partial charge in [-0.25, -0.2) is 5.43 Å². The number of carbonyl (C=O) groups is 2. The van der Waals surface area contributed by atoms with E-state index in [1.807, 2.05) is 0 Å². The maximum atomic E-state index is 11.8. The Morgan fingerprint density at radius 1 is 0.900 bits per heavy atom. The largest absolute Gasteiger partial charge is 0.347 e. The summed E-state index contributed by atoms with van der Waals surface area (Å²) in [5.74, 6) is -0.500. The molecule has 2 amide bonds. The first-order valence-electron chi connectivity index (χ1n) is 11.1. The van der Waals surface area contributed by atoms with Gasteiger partial charge in [-0.3, -0.25) is 9.59 Å². The van der Waals surface area contributed by atoms with Crippen LogP contribution in [0.1, 0.15) is 89.5 Å². The van der Waals surface area contributed by atoms with E-state index in [4.69, 9.17) is 23.2 Å². The topological polar surface area (TPSA) is 70.6 Å². The normalized spacial score (nSPS) is 11.0. The number of hydrogen-bond acceptors (Lipinski definition) is 3. The number of nitrogens with zero attached hydrogens (tertiary/aromatic N) is 1. The van der Waals surface area contributed by atoms with Crippen molar-refractivity contribution >= 4 is 41.2 Å². The molecule has 1 rings (SSSR count). The quantitative estimate of drug-likeness (QED) is 0.175. The minimum absolute atomic E-state index is 0.0997. The molecular weight excluding hydrogens is 421 g/mol. The molecule has 5 nitrogen and oxygen atoms in total. The van der Waals surface area contributed by atoms with Crippen molar-refractivity contribution in [3.63, 3.8) is 0 Å². The van der Waals surface area contributed by atoms with Crippen LogP contribution in [0.5, 0.6) is 0 Å². The Morgan fingerprint density at radius 2 is 1.50 bits per heavy atom. The molecular formula is C23H35Cl2N3O2. The third-order valence-corrected chi connectivity index (χ3v) is 5.66. The van der Waals surface area contributed by atoms with Crippen LogP contribution in [0.15, 0.2) is 23.3 Å². The highest BCUT2D eigenvalue weighted by molar-refractivity contribution is 6.43. The highest BCUT2D eigenvalue weighted by Gasteiger charge is 2.05. The van der Waals surface area contributed by atoms with E-state index in [0.29, 0.717) is 22.0 Å². The van der Waals surface area contributed by atoms with Gasteiger partial charge < -0.3 is 5.32 Å². The third-order valence-electron chi connectivity index (χ3n) is 4.83. The lowest BCUT2D eigenvalue weighted by Crippen LogP contribution is -2.34. The number of unbranched alkanes of at least 4 members (excludes halogenated alkanes) is 10. The molecule has 0 fully saturated rings. The van der Waals surface area contributed by atoms with Gasteiger partial charge in [0.1, 0.15) is 0 Å². The third kappa shape index (κ3) is 12.9.